The minimum atomic E-state index is -0.866. The van der Waals surface area contributed by atoms with E-state index >= 15 is 0 Å². The summed E-state index contributed by atoms with van der Waals surface area (Å²) in [6, 6.07) is 11.8. The number of hydrogen-bond acceptors (Lipinski definition) is 5. The van der Waals surface area contributed by atoms with Crippen molar-refractivity contribution in [2.24, 2.45) is 11.0 Å². The summed E-state index contributed by atoms with van der Waals surface area (Å²) in [4.78, 5) is 26.5. The van der Waals surface area contributed by atoms with E-state index in [1.54, 1.807) is 37.0 Å². The van der Waals surface area contributed by atoms with Crippen molar-refractivity contribution in [2.45, 2.75) is 44.2 Å². The Kier molecular flexibility index (Phi) is 10.4. The van der Waals surface area contributed by atoms with Gasteiger partial charge in [0.25, 0.3) is 11.8 Å². The summed E-state index contributed by atoms with van der Waals surface area (Å²) >= 11 is 13.6. The predicted octanol–water partition coefficient (Wildman–Crippen LogP) is 5.16. The van der Waals surface area contributed by atoms with E-state index in [9.17, 15) is 9.59 Å². The fraction of sp³-hybridized carbons (Fsp3) is 0.348. The first kappa shape index (κ1) is 26.0. The van der Waals surface area contributed by atoms with E-state index in [4.69, 9.17) is 27.9 Å². The Morgan fingerprint density at radius 3 is 2.38 bits per heavy atom. The molecule has 2 rings (SSSR count). The largest absolute Gasteiger partial charge is 0.479 e. The van der Waals surface area contributed by atoms with Crippen molar-refractivity contribution in [3.63, 3.8) is 0 Å². The Morgan fingerprint density at radius 2 is 1.78 bits per heavy atom. The Hall–Kier alpha value is -2.22. The van der Waals surface area contributed by atoms with E-state index in [1.807, 2.05) is 44.4 Å². The normalized spacial score (nSPS) is 13.1. The van der Waals surface area contributed by atoms with Gasteiger partial charge < -0.3 is 10.1 Å². The quantitative estimate of drug-likeness (QED) is 0.271. The molecule has 2 amide bonds. The lowest BCUT2D eigenvalue weighted by Gasteiger charge is -2.22. The number of nitrogens with one attached hydrogen (secondary N) is 2. The smallest absolute Gasteiger partial charge is 0.262 e. The van der Waals surface area contributed by atoms with Gasteiger partial charge in [0, 0.05) is 9.92 Å². The average Bonchev–Trinajstić information content (AvgIpc) is 2.75. The van der Waals surface area contributed by atoms with Crippen molar-refractivity contribution in [3.8, 4) is 5.75 Å². The molecule has 2 atom stereocenters. The lowest BCUT2D eigenvalue weighted by atomic mass is 10.0. The second kappa shape index (κ2) is 12.7. The molecule has 0 aliphatic rings. The molecular formula is C23H27Cl2N3O3S. The summed E-state index contributed by atoms with van der Waals surface area (Å²) in [5, 5.41) is 7.53. The zero-order valence-corrected chi connectivity index (χ0v) is 20.7. The SMILES string of the molecule is CSc1ccc(/C=N\NC(=O)[C@@H](CC(C)C)NC(=O)[C@H](C)Oc2ccc(Cl)cc2Cl)cc1. The van der Waals surface area contributed by atoms with Crippen molar-refractivity contribution in [2.75, 3.05) is 6.26 Å². The first-order chi connectivity index (χ1) is 15.2. The zero-order valence-electron chi connectivity index (χ0n) is 18.4. The maximum absolute atomic E-state index is 12.7. The maximum atomic E-state index is 12.7. The lowest BCUT2D eigenvalue weighted by Crippen LogP contribution is -2.49. The monoisotopic (exact) mass is 495 g/mol. The van der Waals surface area contributed by atoms with Crippen molar-refractivity contribution < 1.29 is 14.3 Å². The van der Waals surface area contributed by atoms with E-state index in [0.29, 0.717) is 22.2 Å². The molecule has 9 heteroatoms. The van der Waals surface area contributed by atoms with Crippen molar-refractivity contribution >= 4 is 53.0 Å². The van der Waals surface area contributed by atoms with Crippen LogP contribution in [0.4, 0.5) is 0 Å². The molecule has 0 heterocycles. The number of thioether (sulfide) groups is 1. The van der Waals surface area contributed by atoms with Crippen LogP contribution in [0.25, 0.3) is 0 Å². The summed E-state index contributed by atoms with van der Waals surface area (Å²) in [6.07, 6.45) is 3.14. The average molecular weight is 496 g/mol. The first-order valence-electron chi connectivity index (χ1n) is 10.1. The highest BCUT2D eigenvalue weighted by Crippen LogP contribution is 2.28. The van der Waals surface area contributed by atoms with Crippen LogP contribution in [-0.2, 0) is 9.59 Å². The molecule has 0 fully saturated rings. The van der Waals surface area contributed by atoms with Gasteiger partial charge in [-0.2, -0.15) is 5.10 Å². The van der Waals surface area contributed by atoms with E-state index in [0.717, 1.165) is 10.5 Å². The summed E-state index contributed by atoms with van der Waals surface area (Å²) in [5.74, 6) is -0.328. The molecule has 0 saturated heterocycles. The molecule has 0 aliphatic carbocycles. The van der Waals surface area contributed by atoms with Gasteiger partial charge in [-0.15, -0.1) is 11.8 Å². The Bertz CT molecular complexity index is 952. The highest BCUT2D eigenvalue weighted by atomic mass is 35.5. The number of ether oxygens (including phenoxy) is 1. The number of carbonyl (C=O) groups excluding carboxylic acids is 2. The van der Waals surface area contributed by atoms with Gasteiger partial charge in [-0.3, -0.25) is 9.59 Å². The molecule has 0 radical (unpaired) electrons. The van der Waals surface area contributed by atoms with Crippen LogP contribution in [0.1, 0.15) is 32.8 Å². The molecule has 6 nitrogen and oxygen atoms in total. The van der Waals surface area contributed by atoms with Crippen LogP contribution in [0.2, 0.25) is 10.0 Å². The molecule has 2 aromatic carbocycles. The zero-order chi connectivity index (χ0) is 23.7. The van der Waals surface area contributed by atoms with Gasteiger partial charge in [-0.1, -0.05) is 49.2 Å². The third-order valence-electron chi connectivity index (χ3n) is 4.41. The van der Waals surface area contributed by atoms with Gasteiger partial charge in [-0.05, 0) is 61.4 Å². The molecule has 0 aromatic heterocycles. The van der Waals surface area contributed by atoms with Crippen LogP contribution in [0.15, 0.2) is 52.5 Å². The standard InChI is InChI=1S/C23H27Cl2N3O3S/c1-14(2)11-20(23(30)28-26-13-16-5-8-18(32-4)9-6-16)27-22(29)15(3)31-21-10-7-17(24)12-19(21)25/h5-10,12-15,20H,11H2,1-4H3,(H,27,29)(H,28,30)/b26-13-/t15-,20+/m0/s1. The van der Waals surface area contributed by atoms with Gasteiger partial charge in [0.15, 0.2) is 6.10 Å². The maximum Gasteiger partial charge on any atom is 0.262 e. The number of hydrogen-bond donors (Lipinski definition) is 2. The minimum absolute atomic E-state index is 0.177. The molecule has 0 saturated carbocycles. The molecule has 0 spiro atoms. The molecule has 172 valence electrons. The van der Waals surface area contributed by atoms with E-state index in [1.165, 1.54) is 6.07 Å². The van der Waals surface area contributed by atoms with Crippen LogP contribution < -0.4 is 15.5 Å². The van der Waals surface area contributed by atoms with Crippen molar-refractivity contribution in [1.29, 1.82) is 0 Å². The van der Waals surface area contributed by atoms with Gasteiger partial charge in [0.1, 0.15) is 11.8 Å². The third kappa shape index (κ3) is 8.37. The second-order valence-electron chi connectivity index (χ2n) is 7.53. The first-order valence-corrected chi connectivity index (χ1v) is 12.1. The Morgan fingerprint density at radius 1 is 1.09 bits per heavy atom. The van der Waals surface area contributed by atoms with Crippen molar-refractivity contribution in [3.05, 3.63) is 58.1 Å². The number of nitrogens with zero attached hydrogens (tertiary/aromatic N) is 1. The Labute approximate surface area is 203 Å². The summed E-state index contributed by atoms with van der Waals surface area (Å²) < 4.78 is 5.64. The van der Waals surface area contributed by atoms with E-state index in [-0.39, 0.29) is 5.92 Å². The van der Waals surface area contributed by atoms with Gasteiger partial charge in [-0.25, -0.2) is 5.43 Å². The Balaban J connectivity index is 1.98. The van der Waals surface area contributed by atoms with Crippen LogP contribution >= 0.6 is 35.0 Å². The third-order valence-corrected chi connectivity index (χ3v) is 5.69. The molecule has 0 unspecified atom stereocenters. The van der Waals surface area contributed by atoms with Crippen molar-refractivity contribution in [1.82, 2.24) is 10.7 Å². The van der Waals surface area contributed by atoms with Gasteiger partial charge in [0.05, 0.1) is 11.2 Å². The molecule has 0 aliphatic heterocycles. The number of amides is 2. The lowest BCUT2D eigenvalue weighted by molar-refractivity contribution is -0.132. The number of hydrazone groups is 1. The summed E-state index contributed by atoms with van der Waals surface area (Å²) in [5.41, 5.74) is 3.36. The van der Waals surface area contributed by atoms with Crippen LogP contribution in [0, 0.1) is 5.92 Å². The summed E-state index contributed by atoms with van der Waals surface area (Å²) in [6.45, 7) is 5.52. The van der Waals surface area contributed by atoms with E-state index in [2.05, 4.69) is 15.8 Å². The molecule has 2 N–H and O–H groups in total. The number of benzene rings is 2. The fourth-order valence-corrected chi connectivity index (χ4v) is 3.61. The molecule has 32 heavy (non-hydrogen) atoms. The molecular weight excluding hydrogens is 469 g/mol. The topological polar surface area (TPSA) is 79.8 Å². The highest BCUT2D eigenvalue weighted by molar-refractivity contribution is 7.98. The highest BCUT2D eigenvalue weighted by Gasteiger charge is 2.25. The fourth-order valence-electron chi connectivity index (χ4n) is 2.75. The van der Waals surface area contributed by atoms with E-state index < -0.39 is 24.0 Å². The molecule has 0 bridgehead atoms. The number of rotatable bonds is 10. The predicted molar refractivity (Wildman–Crippen MR) is 132 cm³/mol. The van der Waals surface area contributed by atoms with Crippen LogP contribution in [0.5, 0.6) is 5.75 Å². The summed E-state index contributed by atoms with van der Waals surface area (Å²) in [7, 11) is 0. The van der Waals surface area contributed by atoms with Crippen LogP contribution in [-0.4, -0.2) is 36.4 Å². The number of halogens is 2. The van der Waals surface area contributed by atoms with Gasteiger partial charge in [0.2, 0.25) is 0 Å². The second-order valence-corrected chi connectivity index (χ2v) is 9.26. The number of carbonyl (C=O) groups is 2. The van der Waals surface area contributed by atoms with Gasteiger partial charge >= 0.3 is 0 Å². The minimum Gasteiger partial charge on any atom is -0.479 e. The molecule has 2 aromatic rings. The van der Waals surface area contributed by atoms with Crippen LogP contribution in [0.3, 0.4) is 0 Å².